The lowest BCUT2D eigenvalue weighted by molar-refractivity contribution is -0.116. The maximum Gasteiger partial charge on any atom is 0.243 e. The lowest BCUT2D eigenvalue weighted by Gasteiger charge is -2.18. The maximum atomic E-state index is 12.5. The van der Waals surface area contributed by atoms with E-state index < -0.39 is 15.9 Å². The van der Waals surface area contributed by atoms with Crippen LogP contribution in [0.5, 0.6) is 0 Å². The number of rotatable bonds is 6. The summed E-state index contributed by atoms with van der Waals surface area (Å²) in [4.78, 5) is 12.4. The van der Waals surface area contributed by atoms with E-state index in [4.69, 9.17) is 11.6 Å². The van der Waals surface area contributed by atoms with Gasteiger partial charge in [0.05, 0.1) is 11.4 Å². The molecular weight excluding hydrogens is 360 g/mol. The van der Waals surface area contributed by atoms with Crippen molar-refractivity contribution in [2.24, 2.45) is 0 Å². The number of nitrogens with zero attached hydrogens (tertiary/aromatic N) is 1. The fraction of sp³-hybridized carbons (Fsp3) is 0.278. The number of anilines is 1. The Morgan fingerprint density at radius 1 is 1.12 bits per heavy atom. The smallest absolute Gasteiger partial charge is 0.243 e. The highest BCUT2D eigenvalue weighted by Gasteiger charge is 2.23. The highest BCUT2D eigenvalue weighted by atomic mass is 35.5. The van der Waals surface area contributed by atoms with E-state index in [-0.39, 0.29) is 17.4 Å². The molecule has 1 amide bonds. The Labute approximate surface area is 153 Å². The summed E-state index contributed by atoms with van der Waals surface area (Å²) in [5, 5.41) is 3.24. The summed E-state index contributed by atoms with van der Waals surface area (Å²) in [6.07, 6.45) is 0. The minimum atomic E-state index is -3.76. The number of halogens is 1. The van der Waals surface area contributed by atoms with Gasteiger partial charge in [-0.05, 0) is 41.8 Å². The molecule has 0 saturated heterocycles. The summed E-state index contributed by atoms with van der Waals surface area (Å²) in [6, 6.07) is 13.3. The molecule has 2 aromatic carbocycles. The van der Waals surface area contributed by atoms with Crippen LogP contribution in [0.2, 0.25) is 5.02 Å². The zero-order valence-corrected chi connectivity index (χ0v) is 15.9. The summed E-state index contributed by atoms with van der Waals surface area (Å²) in [7, 11) is -2.38. The van der Waals surface area contributed by atoms with Crippen LogP contribution < -0.4 is 5.32 Å². The molecule has 0 bridgehead atoms. The molecule has 0 saturated carbocycles. The normalized spacial score (nSPS) is 11.8. The van der Waals surface area contributed by atoms with E-state index in [1.54, 1.807) is 6.07 Å². The summed E-state index contributed by atoms with van der Waals surface area (Å²) in [5.41, 5.74) is 1.69. The third-order valence-corrected chi connectivity index (χ3v) is 5.81. The van der Waals surface area contributed by atoms with Gasteiger partial charge < -0.3 is 5.32 Å². The fourth-order valence-corrected chi connectivity index (χ4v) is 3.63. The summed E-state index contributed by atoms with van der Waals surface area (Å²) < 4.78 is 26.0. The van der Waals surface area contributed by atoms with Crippen LogP contribution in [0.15, 0.2) is 53.4 Å². The molecule has 25 heavy (non-hydrogen) atoms. The largest absolute Gasteiger partial charge is 0.325 e. The molecule has 5 nitrogen and oxygen atoms in total. The SMILES string of the molecule is CC(C)c1ccccc1NC(=O)CN(C)S(=O)(=O)c1ccc(Cl)cc1. The van der Waals surface area contributed by atoms with Crippen LogP contribution in [-0.2, 0) is 14.8 Å². The van der Waals surface area contributed by atoms with Gasteiger partial charge >= 0.3 is 0 Å². The van der Waals surface area contributed by atoms with Gasteiger partial charge in [0.2, 0.25) is 15.9 Å². The van der Waals surface area contributed by atoms with E-state index in [2.05, 4.69) is 5.32 Å². The number of benzene rings is 2. The van der Waals surface area contributed by atoms with Gasteiger partial charge in [-0.2, -0.15) is 4.31 Å². The van der Waals surface area contributed by atoms with Crippen molar-refractivity contribution >= 4 is 33.2 Å². The molecule has 0 radical (unpaired) electrons. The number of hydrogen-bond donors (Lipinski definition) is 1. The van der Waals surface area contributed by atoms with Gasteiger partial charge in [-0.3, -0.25) is 4.79 Å². The Hall–Kier alpha value is -1.89. The molecule has 134 valence electrons. The zero-order valence-electron chi connectivity index (χ0n) is 14.4. The molecule has 0 heterocycles. The van der Waals surface area contributed by atoms with E-state index in [0.29, 0.717) is 10.7 Å². The Bertz CT molecular complexity index is 849. The highest BCUT2D eigenvalue weighted by Crippen LogP contribution is 2.24. The monoisotopic (exact) mass is 380 g/mol. The topological polar surface area (TPSA) is 66.5 Å². The van der Waals surface area contributed by atoms with Gasteiger partial charge in [0, 0.05) is 17.8 Å². The van der Waals surface area contributed by atoms with Crippen molar-refractivity contribution in [3.63, 3.8) is 0 Å². The molecule has 0 aliphatic heterocycles. The second-order valence-corrected chi connectivity index (χ2v) is 8.49. The van der Waals surface area contributed by atoms with Crippen LogP contribution in [0.3, 0.4) is 0 Å². The molecule has 0 aliphatic carbocycles. The van der Waals surface area contributed by atoms with Crippen molar-refractivity contribution in [1.82, 2.24) is 4.31 Å². The van der Waals surface area contributed by atoms with Gasteiger partial charge in [0.15, 0.2) is 0 Å². The number of carbonyl (C=O) groups excluding carboxylic acids is 1. The number of amides is 1. The fourth-order valence-electron chi connectivity index (χ4n) is 2.38. The number of sulfonamides is 1. The third-order valence-electron chi connectivity index (χ3n) is 3.74. The standard InChI is InChI=1S/C18H21ClN2O3S/c1-13(2)16-6-4-5-7-17(16)20-18(22)12-21(3)25(23,24)15-10-8-14(19)9-11-15/h4-11,13H,12H2,1-3H3,(H,20,22). The van der Waals surface area contributed by atoms with Crippen LogP contribution >= 0.6 is 11.6 Å². The summed E-state index contributed by atoms with van der Waals surface area (Å²) in [6.45, 7) is 3.78. The average Bonchev–Trinajstić information content (AvgIpc) is 2.55. The minimum absolute atomic E-state index is 0.0924. The predicted molar refractivity (Wildman–Crippen MR) is 100 cm³/mol. The summed E-state index contributed by atoms with van der Waals surface area (Å²) in [5.74, 6) is -0.153. The van der Waals surface area contributed by atoms with Crippen LogP contribution in [0.1, 0.15) is 25.3 Å². The molecule has 0 aromatic heterocycles. The lowest BCUT2D eigenvalue weighted by atomic mass is 10.0. The minimum Gasteiger partial charge on any atom is -0.325 e. The van der Waals surface area contributed by atoms with Crippen molar-refractivity contribution in [2.75, 3.05) is 18.9 Å². The first-order valence-electron chi connectivity index (χ1n) is 7.82. The number of hydrogen-bond acceptors (Lipinski definition) is 3. The van der Waals surface area contributed by atoms with Crippen molar-refractivity contribution in [2.45, 2.75) is 24.7 Å². The molecule has 0 spiro atoms. The molecule has 1 N–H and O–H groups in total. The maximum absolute atomic E-state index is 12.5. The van der Waals surface area contributed by atoms with E-state index >= 15 is 0 Å². The average molecular weight is 381 g/mol. The van der Waals surface area contributed by atoms with Crippen LogP contribution in [0.4, 0.5) is 5.69 Å². The number of likely N-dealkylation sites (N-methyl/N-ethyl adjacent to an activating group) is 1. The van der Waals surface area contributed by atoms with Crippen molar-refractivity contribution in [3.05, 3.63) is 59.1 Å². The quantitative estimate of drug-likeness (QED) is 0.830. The number of para-hydroxylation sites is 1. The molecule has 0 atom stereocenters. The van der Waals surface area contributed by atoms with Crippen LogP contribution in [0.25, 0.3) is 0 Å². The molecule has 2 rings (SSSR count). The lowest BCUT2D eigenvalue weighted by Crippen LogP contribution is -2.35. The van der Waals surface area contributed by atoms with E-state index in [1.807, 2.05) is 32.0 Å². The van der Waals surface area contributed by atoms with Gasteiger partial charge in [-0.15, -0.1) is 0 Å². The van der Waals surface area contributed by atoms with Crippen LogP contribution in [0, 0.1) is 0 Å². The van der Waals surface area contributed by atoms with E-state index in [0.717, 1.165) is 9.87 Å². The van der Waals surface area contributed by atoms with E-state index in [9.17, 15) is 13.2 Å². The molecule has 0 unspecified atom stereocenters. The third kappa shape index (κ3) is 4.81. The first-order chi connectivity index (χ1) is 11.7. The molecule has 7 heteroatoms. The Balaban J connectivity index is 2.11. The highest BCUT2D eigenvalue weighted by molar-refractivity contribution is 7.89. The molecular formula is C18H21ClN2O3S. The van der Waals surface area contributed by atoms with Crippen molar-refractivity contribution < 1.29 is 13.2 Å². The van der Waals surface area contributed by atoms with Gasteiger partial charge in [0.25, 0.3) is 0 Å². The first-order valence-corrected chi connectivity index (χ1v) is 9.64. The van der Waals surface area contributed by atoms with E-state index in [1.165, 1.54) is 31.3 Å². The van der Waals surface area contributed by atoms with Gasteiger partial charge in [0.1, 0.15) is 0 Å². The second-order valence-electron chi connectivity index (χ2n) is 6.01. The molecule has 0 aliphatic rings. The Morgan fingerprint density at radius 3 is 2.32 bits per heavy atom. The van der Waals surface area contributed by atoms with Gasteiger partial charge in [-0.1, -0.05) is 43.6 Å². The van der Waals surface area contributed by atoms with Crippen LogP contribution in [-0.4, -0.2) is 32.2 Å². The first kappa shape index (κ1) is 19.4. The molecule has 0 fully saturated rings. The van der Waals surface area contributed by atoms with Gasteiger partial charge in [-0.25, -0.2) is 8.42 Å². The van der Waals surface area contributed by atoms with Crippen molar-refractivity contribution in [3.8, 4) is 0 Å². The molecule has 2 aromatic rings. The Kier molecular flexibility index (Phi) is 6.21. The zero-order chi connectivity index (χ0) is 18.6. The Morgan fingerprint density at radius 2 is 1.72 bits per heavy atom. The van der Waals surface area contributed by atoms with Crippen molar-refractivity contribution in [1.29, 1.82) is 0 Å². The number of carbonyl (C=O) groups is 1. The number of nitrogens with one attached hydrogen (secondary N) is 1. The second kappa shape index (κ2) is 7.99. The predicted octanol–water partition coefficient (Wildman–Crippen LogP) is 3.72. The summed E-state index contributed by atoms with van der Waals surface area (Å²) >= 11 is 5.78.